The van der Waals surface area contributed by atoms with Crippen LogP contribution in [-0.4, -0.2) is 11.5 Å². The predicted molar refractivity (Wildman–Crippen MR) is 71.9 cm³/mol. The van der Waals surface area contributed by atoms with E-state index < -0.39 is 0 Å². The molecule has 0 bridgehead atoms. The Morgan fingerprint density at radius 2 is 2.00 bits per heavy atom. The molecule has 1 atom stereocenters. The molecule has 0 fully saturated rings. The highest BCUT2D eigenvalue weighted by atomic mass is 32.1. The summed E-state index contributed by atoms with van der Waals surface area (Å²) < 4.78 is 0. The number of rotatable bonds is 9. The fourth-order valence-corrected chi connectivity index (χ4v) is 2.43. The van der Waals surface area contributed by atoms with E-state index in [0.29, 0.717) is 6.04 Å². The second-order valence-electron chi connectivity index (χ2n) is 4.31. The molecule has 3 heteroatoms. The van der Waals surface area contributed by atoms with Gasteiger partial charge in [-0.15, -0.1) is 11.3 Å². The Kier molecular flexibility index (Phi) is 7.43. The summed E-state index contributed by atoms with van der Waals surface area (Å²) in [4.78, 5) is 4.31. The minimum absolute atomic E-state index is 0.413. The zero-order chi connectivity index (χ0) is 11.6. The molecule has 0 aliphatic rings. The maximum absolute atomic E-state index is 4.31. The van der Waals surface area contributed by atoms with E-state index >= 15 is 0 Å². The molecule has 1 heterocycles. The highest BCUT2D eigenvalue weighted by molar-refractivity contribution is 7.09. The molecule has 0 saturated carbocycles. The first-order valence-electron chi connectivity index (χ1n) is 6.47. The SMILES string of the molecule is CCCCCCCCNC(C)c1nccs1. The molecule has 0 aromatic carbocycles. The molecule has 1 aromatic rings. The molecule has 1 aromatic heterocycles. The van der Waals surface area contributed by atoms with Gasteiger partial charge in [0, 0.05) is 11.6 Å². The summed E-state index contributed by atoms with van der Waals surface area (Å²) in [6, 6.07) is 0.413. The quantitative estimate of drug-likeness (QED) is 0.656. The van der Waals surface area contributed by atoms with Crippen molar-refractivity contribution >= 4 is 11.3 Å². The molecular weight excluding hydrogens is 216 g/mol. The molecule has 16 heavy (non-hydrogen) atoms. The van der Waals surface area contributed by atoms with Crippen molar-refractivity contribution in [3.8, 4) is 0 Å². The van der Waals surface area contributed by atoms with Gasteiger partial charge in [0.05, 0.1) is 6.04 Å². The molecule has 0 aliphatic heterocycles. The van der Waals surface area contributed by atoms with Gasteiger partial charge in [0.15, 0.2) is 0 Å². The summed E-state index contributed by atoms with van der Waals surface area (Å²) in [6.45, 7) is 5.57. The molecule has 0 saturated heterocycles. The van der Waals surface area contributed by atoms with E-state index in [1.54, 1.807) is 11.3 Å². The van der Waals surface area contributed by atoms with E-state index in [9.17, 15) is 0 Å². The van der Waals surface area contributed by atoms with Crippen molar-refractivity contribution in [3.63, 3.8) is 0 Å². The van der Waals surface area contributed by atoms with E-state index in [1.165, 1.54) is 43.5 Å². The van der Waals surface area contributed by atoms with Gasteiger partial charge < -0.3 is 5.32 Å². The van der Waals surface area contributed by atoms with Gasteiger partial charge in [-0.25, -0.2) is 4.98 Å². The first-order valence-corrected chi connectivity index (χ1v) is 7.35. The third kappa shape index (κ3) is 5.61. The fraction of sp³-hybridized carbons (Fsp3) is 0.769. The van der Waals surface area contributed by atoms with Crippen molar-refractivity contribution in [2.75, 3.05) is 6.54 Å². The van der Waals surface area contributed by atoms with Crippen LogP contribution in [-0.2, 0) is 0 Å². The van der Waals surface area contributed by atoms with Gasteiger partial charge in [-0.2, -0.15) is 0 Å². The van der Waals surface area contributed by atoms with Crippen molar-refractivity contribution in [2.24, 2.45) is 0 Å². The van der Waals surface area contributed by atoms with Crippen LogP contribution in [0.3, 0.4) is 0 Å². The maximum atomic E-state index is 4.31. The predicted octanol–water partition coefficient (Wildman–Crippen LogP) is 4.15. The van der Waals surface area contributed by atoms with Crippen LogP contribution < -0.4 is 5.32 Å². The van der Waals surface area contributed by atoms with Crippen LogP contribution in [0.25, 0.3) is 0 Å². The van der Waals surface area contributed by atoms with Crippen LogP contribution in [0.4, 0.5) is 0 Å². The average molecular weight is 240 g/mol. The van der Waals surface area contributed by atoms with Crippen molar-refractivity contribution in [1.82, 2.24) is 10.3 Å². The van der Waals surface area contributed by atoms with Crippen LogP contribution in [0, 0.1) is 0 Å². The molecular formula is C13H24N2S. The minimum atomic E-state index is 0.413. The topological polar surface area (TPSA) is 24.9 Å². The zero-order valence-corrected chi connectivity index (χ0v) is 11.4. The lowest BCUT2D eigenvalue weighted by atomic mass is 10.1. The molecule has 0 spiro atoms. The monoisotopic (exact) mass is 240 g/mol. The molecule has 2 nitrogen and oxygen atoms in total. The summed E-state index contributed by atoms with van der Waals surface area (Å²) in [7, 11) is 0. The summed E-state index contributed by atoms with van der Waals surface area (Å²) in [5.74, 6) is 0. The van der Waals surface area contributed by atoms with Crippen LogP contribution in [0.1, 0.15) is 63.4 Å². The number of nitrogens with one attached hydrogen (secondary N) is 1. The molecule has 0 aliphatic carbocycles. The van der Waals surface area contributed by atoms with E-state index in [0.717, 1.165) is 6.54 Å². The Bertz CT molecular complexity index is 246. The number of aromatic nitrogens is 1. The Labute approximate surface area is 103 Å². The minimum Gasteiger partial charge on any atom is -0.308 e. The van der Waals surface area contributed by atoms with Gasteiger partial charge in [0.1, 0.15) is 5.01 Å². The highest BCUT2D eigenvalue weighted by Crippen LogP contribution is 2.14. The van der Waals surface area contributed by atoms with Crippen molar-refractivity contribution < 1.29 is 0 Å². The fourth-order valence-electron chi connectivity index (χ4n) is 1.76. The number of hydrogen-bond donors (Lipinski definition) is 1. The second kappa shape index (κ2) is 8.71. The Morgan fingerprint density at radius 1 is 1.25 bits per heavy atom. The van der Waals surface area contributed by atoms with Gasteiger partial charge >= 0.3 is 0 Å². The molecule has 0 amide bonds. The van der Waals surface area contributed by atoms with E-state index in [-0.39, 0.29) is 0 Å². The first kappa shape index (κ1) is 13.7. The van der Waals surface area contributed by atoms with Crippen molar-refractivity contribution in [1.29, 1.82) is 0 Å². The molecule has 0 radical (unpaired) electrons. The first-order chi connectivity index (χ1) is 7.84. The third-order valence-corrected chi connectivity index (χ3v) is 3.76. The summed E-state index contributed by atoms with van der Waals surface area (Å²) in [6.07, 6.45) is 10.0. The second-order valence-corrected chi connectivity index (χ2v) is 5.24. The summed E-state index contributed by atoms with van der Waals surface area (Å²) in [5.41, 5.74) is 0. The lowest BCUT2D eigenvalue weighted by Gasteiger charge is -2.10. The van der Waals surface area contributed by atoms with Crippen LogP contribution >= 0.6 is 11.3 Å². The van der Waals surface area contributed by atoms with Crippen LogP contribution in [0.5, 0.6) is 0 Å². The lowest BCUT2D eigenvalue weighted by Crippen LogP contribution is -2.19. The number of hydrogen-bond acceptors (Lipinski definition) is 3. The summed E-state index contributed by atoms with van der Waals surface area (Å²) >= 11 is 1.73. The van der Waals surface area contributed by atoms with E-state index in [1.807, 2.05) is 11.6 Å². The van der Waals surface area contributed by atoms with Crippen molar-refractivity contribution in [2.45, 2.75) is 58.4 Å². The van der Waals surface area contributed by atoms with Gasteiger partial charge in [0.2, 0.25) is 0 Å². The Morgan fingerprint density at radius 3 is 2.69 bits per heavy atom. The Hall–Kier alpha value is -0.410. The van der Waals surface area contributed by atoms with Gasteiger partial charge in [-0.1, -0.05) is 39.0 Å². The van der Waals surface area contributed by atoms with Gasteiger partial charge in [-0.3, -0.25) is 0 Å². The largest absolute Gasteiger partial charge is 0.308 e. The Balaban J connectivity index is 1.95. The normalized spacial score (nSPS) is 12.9. The number of thiazole rings is 1. The zero-order valence-electron chi connectivity index (χ0n) is 10.5. The van der Waals surface area contributed by atoms with Crippen LogP contribution in [0.2, 0.25) is 0 Å². The summed E-state index contributed by atoms with van der Waals surface area (Å²) in [5, 5.41) is 6.76. The maximum Gasteiger partial charge on any atom is 0.109 e. The number of unbranched alkanes of at least 4 members (excludes halogenated alkanes) is 5. The molecule has 1 N–H and O–H groups in total. The average Bonchev–Trinajstić information content (AvgIpc) is 2.81. The standard InChI is InChI=1S/C13H24N2S/c1-3-4-5-6-7-8-9-14-12(2)13-15-10-11-16-13/h10-12,14H,3-9H2,1-2H3. The molecule has 1 rings (SSSR count). The smallest absolute Gasteiger partial charge is 0.109 e. The highest BCUT2D eigenvalue weighted by Gasteiger charge is 2.05. The van der Waals surface area contributed by atoms with Gasteiger partial charge in [0.25, 0.3) is 0 Å². The van der Waals surface area contributed by atoms with Crippen LogP contribution in [0.15, 0.2) is 11.6 Å². The van der Waals surface area contributed by atoms with Crippen molar-refractivity contribution in [3.05, 3.63) is 16.6 Å². The van der Waals surface area contributed by atoms with Gasteiger partial charge in [-0.05, 0) is 19.9 Å². The third-order valence-electron chi connectivity index (χ3n) is 2.80. The van der Waals surface area contributed by atoms with E-state index in [4.69, 9.17) is 0 Å². The number of nitrogens with zero attached hydrogens (tertiary/aromatic N) is 1. The molecule has 1 unspecified atom stereocenters. The van der Waals surface area contributed by atoms with E-state index in [2.05, 4.69) is 24.1 Å². The molecule has 92 valence electrons. The lowest BCUT2D eigenvalue weighted by molar-refractivity contribution is 0.526.